The van der Waals surface area contributed by atoms with Crippen molar-refractivity contribution in [2.75, 3.05) is 12.3 Å². The van der Waals surface area contributed by atoms with Crippen molar-refractivity contribution in [1.29, 1.82) is 0 Å². The molecule has 0 atom stereocenters. The van der Waals surface area contributed by atoms with Crippen molar-refractivity contribution in [2.45, 2.75) is 18.7 Å². The number of allylic oxidation sites excluding steroid dienone is 1. The molecule has 0 aliphatic heterocycles. The van der Waals surface area contributed by atoms with Crippen molar-refractivity contribution in [1.82, 2.24) is 5.32 Å². The maximum absolute atomic E-state index is 11.3. The second kappa shape index (κ2) is 7.41. The first kappa shape index (κ1) is 14.1. The maximum atomic E-state index is 11.3. The predicted molar refractivity (Wildman–Crippen MR) is 74.6 cm³/mol. The van der Waals surface area contributed by atoms with E-state index in [1.165, 1.54) is 0 Å². The van der Waals surface area contributed by atoms with Crippen molar-refractivity contribution in [3.63, 3.8) is 0 Å². The van der Waals surface area contributed by atoms with Gasteiger partial charge in [-0.2, -0.15) is 0 Å². The van der Waals surface area contributed by atoms with E-state index in [-0.39, 0.29) is 5.91 Å². The fourth-order valence-electron chi connectivity index (χ4n) is 1.19. The van der Waals surface area contributed by atoms with E-state index in [0.717, 1.165) is 21.2 Å². The summed E-state index contributed by atoms with van der Waals surface area (Å²) >= 11 is 7.49. The minimum absolute atomic E-state index is 0.0262. The molecular weight excluding hydrogens is 254 g/mol. The monoisotopic (exact) mass is 269 g/mol. The summed E-state index contributed by atoms with van der Waals surface area (Å²) in [4.78, 5) is 12.5. The third-order valence-corrected chi connectivity index (χ3v) is 3.17. The Morgan fingerprint density at radius 3 is 2.59 bits per heavy atom. The van der Waals surface area contributed by atoms with Crippen LogP contribution in [0.1, 0.15) is 13.8 Å². The van der Waals surface area contributed by atoms with Crippen LogP contribution in [0.15, 0.2) is 40.8 Å². The molecule has 1 N–H and O–H groups in total. The lowest BCUT2D eigenvalue weighted by molar-refractivity contribution is -0.116. The van der Waals surface area contributed by atoms with Crippen LogP contribution in [0.3, 0.4) is 0 Å². The number of hydrogen-bond acceptors (Lipinski definition) is 2. The first-order valence-corrected chi connectivity index (χ1v) is 6.75. The molecule has 1 aromatic rings. The molecule has 1 rings (SSSR count). The molecule has 17 heavy (non-hydrogen) atoms. The summed E-state index contributed by atoms with van der Waals surface area (Å²) in [6.45, 7) is 4.47. The Hall–Kier alpha value is -0.930. The van der Waals surface area contributed by atoms with Gasteiger partial charge in [-0.15, -0.1) is 11.8 Å². The second-order valence-electron chi connectivity index (χ2n) is 3.82. The smallest absolute Gasteiger partial charge is 0.243 e. The van der Waals surface area contributed by atoms with E-state index in [1.54, 1.807) is 17.8 Å². The van der Waals surface area contributed by atoms with Gasteiger partial charge in [0, 0.05) is 28.3 Å². The van der Waals surface area contributed by atoms with Gasteiger partial charge in [-0.1, -0.05) is 17.2 Å². The molecule has 1 aromatic carbocycles. The third-order valence-electron chi connectivity index (χ3n) is 1.90. The molecule has 0 heterocycles. The molecule has 0 spiro atoms. The maximum Gasteiger partial charge on any atom is 0.243 e. The molecule has 2 nitrogen and oxygen atoms in total. The van der Waals surface area contributed by atoms with E-state index in [4.69, 9.17) is 11.6 Å². The van der Waals surface area contributed by atoms with Gasteiger partial charge in [0.25, 0.3) is 0 Å². The van der Waals surface area contributed by atoms with Crippen molar-refractivity contribution >= 4 is 29.3 Å². The summed E-state index contributed by atoms with van der Waals surface area (Å²) in [5, 5.41) is 3.58. The van der Waals surface area contributed by atoms with Gasteiger partial charge in [-0.25, -0.2) is 0 Å². The van der Waals surface area contributed by atoms with Crippen molar-refractivity contribution < 1.29 is 4.79 Å². The number of thioether (sulfide) groups is 1. The summed E-state index contributed by atoms with van der Waals surface area (Å²) < 4.78 is 0. The van der Waals surface area contributed by atoms with Crippen LogP contribution >= 0.6 is 23.4 Å². The van der Waals surface area contributed by atoms with Gasteiger partial charge in [-0.3, -0.25) is 4.79 Å². The van der Waals surface area contributed by atoms with E-state index < -0.39 is 0 Å². The normalized spacial score (nSPS) is 9.82. The third kappa shape index (κ3) is 6.39. The highest BCUT2D eigenvalue weighted by molar-refractivity contribution is 7.99. The van der Waals surface area contributed by atoms with Gasteiger partial charge in [0.1, 0.15) is 0 Å². The van der Waals surface area contributed by atoms with Gasteiger partial charge in [0.2, 0.25) is 5.91 Å². The quantitative estimate of drug-likeness (QED) is 0.503. The second-order valence-corrected chi connectivity index (χ2v) is 5.42. The van der Waals surface area contributed by atoms with Crippen LogP contribution in [0.2, 0.25) is 5.02 Å². The first-order valence-electron chi connectivity index (χ1n) is 5.39. The fraction of sp³-hybridized carbons (Fsp3) is 0.308. The lowest BCUT2D eigenvalue weighted by Crippen LogP contribution is -2.23. The molecule has 0 fully saturated rings. The average Bonchev–Trinajstić information content (AvgIpc) is 2.26. The molecule has 0 aliphatic rings. The Morgan fingerprint density at radius 1 is 1.35 bits per heavy atom. The Kier molecular flexibility index (Phi) is 6.16. The van der Waals surface area contributed by atoms with Gasteiger partial charge in [-0.05, 0) is 38.1 Å². The number of nitrogens with one attached hydrogen (secondary N) is 1. The molecule has 0 bridgehead atoms. The molecule has 0 saturated heterocycles. The van der Waals surface area contributed by atoms with Crippen molar-refractivity contribution in [3.05, 3.63) is 40.9 Å². The van der Waals surface area contributed by atoms with E-state index in [9.17, 15) is 4.79 Å². The SMILES string of the molecule is CC(C)=CC(=O)NCCSc1ccc(Cl)cc1. The van der Waals surface area contributed by atoms with Gasteiger partial charge < -0.3 is 5.32 Å². The van der Waals surface area contributed by atoms with E-state index in [2.05, 4.69) is 5.32 Å². The van der Waals surface area contributed by atoms with Crippen LogP contribution < -0.4 is 5.32 Å². The van der Waals surface area contributed by atoms with Crippen LogP contribution in [-0.4, -0.2) is 18.2 Å². The molecule has 0 unspecified atom stereocenters. The highest BCUT2D eigenvalue weighted by atomic mass is 35.5. The zero-order valence-electron chi connectivity index (χ0n) is 10.00. The molecule has 92 valence electrons. The number of carbonyl (C=O) groups is 1. The standard InChI is InChI=1S/C13H16ClNOS/c1-10(2)9-13(16)15-7-8-17-12-5-3-11(14)4-6-12/h3-6,9H,7-8H2,1-2H3,(H,15,16). The number of amides is 1. The van der Waals surface area contributed by atoms with Crippen molar-refractivity contribution in [2.24, 2.45) is 0 Å². The van der Waals surface area contributed by atoms with Gasteiger partial charge in [0.15, 0.2) is 0 Å². The van der Waals surface area contributed by atoms with Crippen LogP contribution in [-0.2, 0) is 4.79 Å². The molecule has 0 radical (unpaired) electrons. The topological polar surface area (TPSA) is 29.1 Å². The number of benzene rings is 1. The number of carbonyl (C=O) groups excluding carboxylic acids is 1. The molecule has 0 aromatic heterocycles. The molecule has 1 amide bonds. The fourth-order valence-corrected chi connectivity index (χ4v) is 2.08. The van der Waals surface area contributed by atoms with Crippen LogP contribution in [0.25, 0.3) is 0 Å². The van der Waals surface area contributed by atoms with Crippen LogP contribution in [0.5, 0.6) is 0 Å². The first-order chi connectivity index (χ1) is 8.08. The van der Waals surface area contributed by atoms with Gasteiger partial charge in [0.05, 0.1) is 0 Å². The molecular formula is C13H16ClNOS. The summed E-state index contributed by atoms with van der Waals surface area (Å²) in [6, 6.07) is 7.69. The highest BCUT2D eigenvalue weighted by Gasteiger charge is 1.97. The minimum atomic E-state index is -0.0262. The Balaban J connectivity index is 2.22. The lowest BCUT2D eigenvalue weighted by Gasteiger charge is -2.03. The van der Waals surface area contributed by atoms with Crippen molar-refractivity contribution in [3.8, 4) is 0 Å². The van der Waals surface area contributed by atoms with Crippen LogP contribution in [0.4, 0.5) is 0 Å². The Bertz CT molecular complexity index is 396. The van der Waals surface area contributed by atoms with E-state index >= 15 is 0 Å². The summed E-state index contributed by atoms with van der Waals surface area (Å²) in [6.07, 6.45) is 1.60. The zero-order valence-corrected chi connectivity index (χ0v) is 11.6. The van der Waals surface area contributed by atoms with E-state index in [1.807, 2.05) is 38.1 Å². The average molecular weight is 270 g/mol. The number of hydrogen-bond donors (Lipinski definition) is 1. The summed E-state index contributed by atoms with van der Waals surface area (Å²) in [7, 11) is 0. The summed E-state index contributed by atoms with van der Waals surface area (Å²) in [5.74, 6) is 0.825. The predicted octanol–water partition coefficient (Wildman–Crippen LogP) is 3.51. The Labute approximate surface area is 111 Å². The Morgan fingerprint density at radius 2 is 2.00 bits per heavy atom. The lowest BCUT2D eigenvalue weighted by atomic mass is 10.3. The zero-order chi connectivity index (χ0) is 12.7. The van der Waals surface area contributed by atoms with Crippen LogP contribution in [0, 0.1) is 0 Å². The summed E-state index contributed by atoms with van der Waals surface area (Å²) in [5.41, 5.74) is 1.01. The molecule has 0 saturated carbocycles. The van der Waals surface area contributed by atoms with E-state index in [0.29, 0.717) is 6.54 Å². The number of halogens is 1. The highest BCUT2D eigenvalue weighted by Crippen LogP contribution is 2.19. The molecule has 0 aliphatic carbocycles. The minimum Gasteiger partial charge on any atom is -0.352 e. The van der Waals surface area contributed by atoms with Gasteiger partial charge >= 0.3 is 0 Å². The largest absolute Gasteiger partial charge is 0.352 e. The molecule has 4 heteroatoms. The number of rotatable bonds is 5.